The Hall–Kier alpha value is -3.45. The monoisotopic (exact) mass is 461 g/mol. The van der Waals surface area contributed by atoms with E-state index in [1.807, 2.05) is 30.3 Å². The summed E-state index contributed by atoms with van der Waals surface area (Å²) < 4.78 is 11.9. The molecule has 33 heavy (non-hydrogen) atoms. The molecule has 0 spiro atoms. The molecule has 0 aliphatic rings. The second kappa shape index (κ2) is 9.58. The fourth-order valence-electron chi connectivity index (χ4n) is 4.04. The molecule has 0 saturated heterocycles. The van der Waals surface area contributed by atoms with Crippen molar-refractivity contribution in [3.8, 4) is 11.5 Å². The van der Waals surface area contributed by atoms with Gasteiger partial charge in [-0.05, 0) is 61.7 Å². The minimum Gasteiger partial charge on any atom is -0.495 e. The van der Waals surface area contributed by atoms with Gasteiger partial charge in [0.15, 0.2) is 5.13 Å². The number of aromatic nitrogens is 2. The van der Waals surface area contributed by atoms with Crippen molar-refractivity contribution in [1.29, 1.82) is 0 Å². The van der Waals surface area contributed by atoms with E-state index in [4.69, 9.17) is 14.5 Å². The van der Waals surface area contributed by atoms with Gasteiger partial charge in [-0.15, -0.1) is 0 Å². The Balaban J connectivity index is 1.78. The van der Waals surface area contributed by atoms with Crippen LogP contribution in [0.1, 0.15) is 27.9 Å². The second-order valence-electron chi connectivity index (χ2n) is 8.00. The highest BCUT2D eigenvalue weighted by Gasteiger charge is 2.24. The van der Waals surface area contributed by atoms with E-state index in [1.54, 1.807) is 25.3 Å². The van der Waals surface area contributed by atoms with Gasteiger partial charge in [-0.25, -0.2) is 4.98 Å². The number of anilines is 1. The Morgan fingerprint density at radius 2 is 1.70 bits per heavy atom. The van der Waals surface area contributed by atoms with Crippen molar-refractivity contribution in [2.45, 2.75) is 33.7 Å². The molecule has 170 valence electrons. The molecule has 7 heteroatoms. The number of amides is 1. The van der Waals surface area contributed by atoms with Gasteiger partial charge in [0, 0.05) is 6.20 Å². The Bertz CT molecular complexity index is 1240. The summed E-state index contributed by atoms with van der Waals surface area (Å²) in [7, 11) is 3.24. The first-order valence-electron chi connectivity index (χ1n) is 10.7. The number of carbonyl (C=O) groups is 1. The largest absolute Gasteiger partial charge is 0.495 e. The number of hydrogen-bond donors (Lipinski definition) is 0. The standard InChI is InChI=1S/C26H27N3O3S/c1-16-12-17(2)20(18(3)13-16)14-23(30)29(15-19-8-6-7-11-27-19)26-28-24-21(31-4)9-10-22(32-5)25(24)33-26/h6-13H,14-15H2,1-5H3. The van der Waals surface area contributed by atoms with Crippen LogP contribution in [0.2, 0.25) is 0 Å². The summed E-state index contributed by atoms with van der Waals surface area (Å²) in [5, 5.41) is 0.589. The van der Waals surface area contributed by atoms with Gasteiger partial charge in [0.2, 0.25) is 5.91 Å². The van der Waals surface area contributed by atoms with Crippen LogP contribution in [-0.4, -0.2) is 30.1 Å². The van der Waals surface area contributed by atoms with Gasteiger partial charge in [-0.3, -0.25) is 14.7 Å². The molecule has 0 aliphatic carbocycles. The topological polar surface area (TPSA) is 64.6 Å². The number of hydrogen-bond acceptors (Lipinski definition) is 6. The van der Waals surface area contributed by atoms with E-state index in [0.717, 1.165) is 27.1 Å². The fourth-order valence-corrected chi connectivity index (χ4v) is 5.13. The van der Waals surface area contributed by atoms with Crippen LogP contribution in [0.25, 0.3) is 10.2 Å². The molecular formula is C26H27N3O3S. The number of benzene rings is 2. The number of methoxy groups -OCH3 is 2. The van der Waals surface area contributed by atoms with E-state index in [9.17, 15) is 4.79 Å². The number of rotatable bonds is 7. The zero-order valence-corrected chi connectivity index (χ0v) is 20.3. The molecule has 2 aromatic heterocycles. The normalized spacial score (nSPS) is 10.9. The van der Waals surface area contributed by atoms with Gasteiger partial charge < -0.3 is 9.47 Å². The maximum Gasteiger partial charge on any atom is 0.233 e. The summed E-state index contributed by atoms with van der Waals surface area (Å²) in [6, 6.07) is 13.6. The SMILES string of the molecule is COc1ccc(OC)c2sc(N(Cc3ccccn3)C(=O)Cc3c(C)cc(C)cc3C)nc12. The van der Waals surface area contributed by atoms with Crippen LogP contribution in [-0.2, 0) is 17.8 Å². The molecule has 6 nitrogen and oxygen atoms in total. The van der Waals surface area contributed by atoms with Gasteiger partial charge in [-0.2, -0.15) is 0 Å². The van der Waals surface area contributed by atoms with E-state index in [-0.39, 0.29) is 12.3 Å². The molecule has 0 bridgehead atoms. The Morgan fingerprint density at radius 3 is 2.33 bits per heavy atom. The molecule has 4 rings (SSSR count). The van der Waals surface area contributed by atoms with Crippen LogP contribution in [0.15, 0.2) is 48.7 Å². The van der Waals surface area contributed by atoms with E-state index in [1.165, 1.54) is 16.9 Å². The van der Waals surface area contributed by atoms with Crippen LogP contribution < -0.4 is 14.4 Å². The number of carbonyl (C=O) groups excluding carboxylic acids is 1. The smallest absolute Gasteiger partial charge is 0.233 e. The summed E-state index contributed by atoms with van der Waals surface area (Å²) in [6.07, 6.45) is 2.02. The van der Waals surface area contributed by atoms with Crippen molar-refractivity contribution in [3.05, 3.63) is 76.6 Å². The zero-order valence-electron chi connectivity index (χ0n) is 19.5. The average Bonchev–Trinajstić information content (AvgIpc) is 3.25. The lowest BCUT2D eigenvalue weighted by Gasteiger charge is -2.21. The van der Waals surface area contributed by atoms with Crippen molar-refractivity contribution >= 4 is 32.6 Å². The molecule has 4 aromatic rings. The molecule has 0 aliphatic heterocycles. The quantitative estimate of drug-likeness (QED) is 0.368. The zero-order chi connectivity index (χ0) is 23.5. The highest BCUT2D eigenvalue weighted by molar-refractivity contribution is 7.22. The van der Waals surface area contributed by atoms with Gasteiger partial charge in [0.25, 0.3) is 0 Å². The number of fused-ring (bicyclic) bond motifs is 1. The summed E-state index contributed by atoms with van der Waals surface area (Å²) in [4.78, 5) is 24.6. The van der Waals surface area contributed by atoms with Crippen LogP contribution in [0.4, 0.5) is 5.13 Å². The van der Waals surface area contributed by atoms with E-state index in [2.05, 4.69) is 37.9 Å². The Morgan fingerprint density at radius 1 is 1.00 bits per heavy atom. The van der Waals surface area contributed by atoms with Crippen LogP contribution in [0.5, 0.6) is 11.5 Å². The predicted molar refractivity (Wildman–Crippen MR) is 133 cm³/mol. The lowest BCUT2D eigenvalue weighted by molar-refractivity contribution is -0.118. The highest BCUT2D eigenvalue weighted by Crippen LogP contribution is 2.40. The fraction of sp³-hybridized carbons (Fsp3) is 0.269. The van der Waals surface area contributed by atoms with Crippen molar-refractivity contribution in [2.75, 3.05) is 19.1 Å². The second-order valence-corrected chi connectivity index (χ2v) is 8.98. The number of pyridine rings is 1. The lowest BCUT2D eigenvalue weighted by Crippen LogP contribution is -2.32. The van der Waals surface area contributed by atoms with E-state index < -0.39 is 0 Å². The van der Waals surface area contributed by atoms with E-state index >= 15 is 0 Å². The molecule has 2 heterocycles. The molecule has 0 saturated carbocycles. The Kier molecular flexibility index (Phi) is 6.60. The third kappa shape index (κ3) is 4.68. The first-order chi connectivity index (χ1) is 15.9. The molecule has 0 unspecified atom stereocenters. The van der Waals surface area contributed by atoms with Crippen LogP contribution >= 0.6 is 11.3 Å². The minimum atomic E-state index is -0.0345. The first kappa shape index (κ1) is 22.7. The summed E-state index contributed by atoms with van der Waals surface area (Å²) in [6.45, 7) is 6.51. The van der Waals surface area contributed by atoms with Crippen molar-refractivity contribution < 1.29 is 14.3 Å². The molecule has 0 N–H and O–H groups in total. The number of nitrogens with zero attached hydrogens (tertiary/aromatic N) is 3. The van der Waals surface area contributed by atoms with Gasteiger partial charge >= 0.3 is 0 Å². The van der Waals surface area contributed by atoms with Crippen molar-refractivity contribution in [2.24, 2.45) is 0 Å². The van der Waals surface area contributed by atoms with Crippen LogP contribution in [0, 0.1) is 20.8 Å². The lowest BCUT2D eigenvalue weighted by atomic mass is 9.97. The molecule has 2 aromatic carbocycles. The Labute approximate surface area is 197 Å². The third-order valence-electron chi connectivity index (χ3n) is 5.65. The van der Waals surface area contributed by atoms with Gasteiger partial charge in [0.1, 0.15) is 21.7 Å². The minimum absolute atomic E-state index is 0.0345. The maximum atomic E-state index is 13.7. The summed E-state index contributed by atoms with van der Waals surface area (Å²) in [5.74, 6) is 1.31. The molecule has 0 fully saturated rings. The highest BCUT2D eigenvalue weighted by atomic mass is 32.1. The maximum absolute atomic E-state index is 13.7. The number of aryl methyl sites for hydroxylation is 3. The first-order valence-corrected chi connectivity index (χ1v) is 11.5. The summed E-state index contributed by atoms with van der Waals surface area (Å²) in [5.41, 5.74) is 5.95. The third-order valence-corrected chi connectivity index (χ3v) is 6.74. The van der Waals surface area contributed by atoms with Crippen LogP contribution in [0.3, 0.4) is 0 Å². The number of ether oxygens (including phenoxy) is 2. The predicted octanol–water partition coefficient (Wildman–Crippen LogP) is 5.41. The number of thiazole rings is 1. The van der Waals surface area contributed by atoms with E-state index in [0.29, 0.717) is 28.7 Å². The van der Waals surface area contributed by atoms with Crippen molar-refractivity contribution in [3.63, 3.8) is 0 Å². The molecule has 0 atom stereocenters. The van der Waals surface area contributed by atoms with Gasteiger partial charge in [-0.1, -0.05) is 35.1 Å². The average molecular weight is 462 g/mol. The van der Waals surface area contributed by atoms with Crippen molar-refractivity contribution in [1.82, 2.24) is 9.97 Å². The molecular weight excluding hydrogens is 434 g/mol. The molecule has 0 radical (unpaired) electrons. The summed E-state index contributed by atoms with van der Waals surface area (Å²) >= 11 is 1.42. The molecule has 1 amide bonds. The van der Waals surface area contributed by atoms with Gasteiger partial charge in [0.05, 0.1) is 32.9 Å².